The van der Waals surface area contributed by atoms with E-state index in [9.17, 15) is 4.79 Å². The van der Waals surface area contributed by atoms with Crippen molar-refractivity contribution < 1.29 is 9.53 Å². The molecule has 0 unspecified atom stereocenters. The number of carbonyl (C=O) groups excluding carboxylic acids is 1. The normalized spacial score (nSPS) is 15.9. The van der Waals surface area contributed by atoms with Crippen LogP contribution in [0, 0.1) is 18.3 Å². The number of methoxy groups -OCH3 is 1. The lowest BCUT2D eigenvalue weighted by molar-refractivity contribution is -0.134. The third kappa shape index (κ3) is 4.78. The Hall–Kier alpha value is -3.57. The summed E-state index contributed by atoms with van der Waals surface area (Å²) in [4.78, 5) is 21.3. The lowest BCUT2D eigenvalue weighted by Gasteiger charge is -2.41. The van der Waals surface area contributed by atoms with Crippen molar-refractivity contribution in [3.05, 3.63) is 59.0 Å². The van der Waals surface area contributed by atoms with E-state index in [4.69, 9.17) is 21.6 Å². The zero-order valence-corrected chi connectivity index (χ0v) is 19.6. The average molecular weight is 465 g/mol. The van der Waals surface area contributed by atoms with Crippen LogP contribution in [-0.2, 0) is 11.3 Å². The third-order valence-electron chi connectivity index (χ3n) is 5.88. The van der Waals surface area contributed by atoms with Gasteiger partial charge in [-0.2, -0.15) is 10.4 Å². The molecule has 0 spiro atoms. The fourth-order valence-electron chi connectivity index (χ4n) is 4.09. The van der Waals surface area contributed by atoms with Gasteiger partial charge in [0, 0.05) is 54.9 Å². The number of ether oxygens (including phenoxy) is 1. The lowest BCUT2D eigenvalue weighted by Crippen LogP contribution is -2.54. The summed E-state index contributed by atoms with van der Waals surface area (Å²) in [5.41, 5.74) is 3.76. The smallest absolute Gasteiger partial charge is 0.244 e. The number of rotatable bonds is 5. The standard InChI is InChI=1S/C24H25ClN6O2/c1-16-10-22(18-6-7-27-19(11-18)13-26)28-31(16)15-24(32)30-9-8-29(14-17(30)2)20-4-5-21(25)23(12-20)33-3/h4-7,10-12,17H,8-9,14-15H2,1-3H3/t17-/m0/s1. The Morgan fingerprint density at radius 2 is 2.09 bits per heavy atom. The van der Waals surface area contributed by atoms with Gasteiger partial charge in [0.05, 0.1) is 17.8 Å². The van der Waals surface area contributed by atoms with Crippen LogP contribution in [0.5, 0.6) is 5.75 Å². The van der Waals surface area contributed by atoms with Crippen LogP contribution in [-0.4, -0.2) is 58.4 Å². The summed E-state index contributed by atoms with van der Waals surface area (Å²) in [6.45, 7) is 6.20. The molecule has 3 heterocycles. The van der Waals surface area contributed by atoms with E-state index in [1.165, 1.54) is 0 Å². The van der Waals surface area contributed by atoms with Crippen molar-refractivity contribution in [2.24, 2.45) is 0 Å². The first kappa shape index (κ1) is 22.6. The maximum atomic E-state index is 13.1. The number of benzene rings is 1. The number of pyridine rings is 1. The second-order valence-electron chi connectivity index (χ2n) is 8.07. The predicted molar refractivity (Wildman–Crippen MR) is 126 cm³/mol. The van der Waals surface area contributed by atoms with Gasteiger partial charge in [-0.15, -0.1) is 0 Å². The van der Waals surface area contributed by atoms with Crippen LogP contribution in [0.25, 0.3) is 11.3 Å². The molecule has 1 aliphatic rings. The number of nitrogens with zero attached hydrogens (tertiary/aromatic N) is 6. The van der Waals surface area contributed by atoms with Crippen LogP contribution < -0.4 is 9.64 Å². The lowest BCUT2D eigenvalue weighted by atomic mass is 10.1. The number of hydrogen-bond donors (Lipinski definition) is 0. The Kier molecular flexibility index (Phi) is 6.52. The van der Waals surface area contributed by atoms with Crippen molar-refractivity contribution in [2.75, 3.05) is 31.6 Å². The molecule has 2 aromatic heterocycles. The van der Waals surface area contributed by atoms with Gasteiger partial charge in [-0.3, -0.25) is 9.48 Å². The molecule has 4 rings (SSSR count). The summed E-state index contributed by atoms with van der Waals surface area (Å²) >= 11 is 6.15. The average Bonchev–Trinajstić information content (AvgIpc) is 3.19. The van der Waals surface area contributed by atoms with Crippen molar-refractivity contribution in [3.63, 3.8) is 0 Å². The number of aryl methyl sites for hydroxylation is 1. The first-order valence-corrected chi connectivity index (χ1v) is 11.1. The summed E-state index contributed by atoms with van der Waals surface area (Å²) in [6, 6.07) is 13.2. The van der Waals surface area contributed by atoms with E-state index in [0.717, 1.165) is 23.5 Å². The van der Waals surface area contributed by atoms with Crippen LogP contribution in [0.4, 0.5) is 5.69 Å². The number of aromatic nitrogens is 3. The zero-order chi connectivity index (χ0) is 23.5. The van der Waals surface area contributed by atoms with E-state index < -0.39 is 0 Å². The minimum absolute atomic E-state index is 0.0287. The Morgan fingerprint density at radius 3 is 2.82 bits per heavy atom. The van der Waals surface area contributed by atoms with Gasteiger partial charge in [-0.05, 0) is 44.2 Å². The van der Waals surface area contributed by atoms with Gasteiger partial charge in [0.1, 0.15) is 24.1 Å². The van der Waals surface area contributed by atoms with Crippen LogP contribution in [0.3, 0.4) is 0 Å². The molecule has 0 bridgehead atoms. The highest BCUT2D eigenvalue weighted by atomic mass is 35.5. The van der Waals surface area contributed by atoms with Crippen molar-refractivity contribution >= 4 is 23.2 Å². The van der Waals surface area contributed by atoms with Gasteiger partial charge >= 0.3 is 0 Å². The number of amides is 1. The molecule has 0 radical (unpaired) electrons. The molecule has 9 heteroatoms. The summed E-state index contributed by atoms with van der Waals surface area (Å²) in [5, 5.41) is 14.3. The van der Waals surface area contributed by atoms with Gasteiger partial charge < -0.3 is 14.5 Å². The van der Waals surface area contributed by atoms with Gasteiger partial charge in [-0.1, -0.05) is 11.6 Å². The van der Waals surface area contributed by atoms with Gasteiger partial charge in [-0.25, -0.2) is 4.98 Å². The molecule has 1 fully saturated rings. The number of anilines is 1. The SMILES string of the molecule is COc1cc(N2CCN(C(=O)Cn3nc(-c4ccnc(C#N)c4)cc3C)[C@@H](C)C2)ccc1Cl. The third-order valence-corrected chi connectivity index (χ3v) is 6.20. The van der Waals surface area contributed by atoms with Crippen molar-refractivity contribution in [1.29, 1.82) is 5.26 Å². The minimum atomic E-state index is 0.0287. The minimum Gasteiger partial charge on any atom is -0.495 e. The number of halogens is 1. The van der Waals surface area contributed by atoms with E-state index in [2.05, 4.69) is 21.9 Å². The summed E-state index contributed by atoms with van der Waals surface area (Å²) in [7, 11) is 1.60. The van der Waals surface area contributed by atoms with Crippen molar-refractivity contribution in [1.82, 2.24) is 19.7 Å². The zero-order valence-electron chi connectivity index (χ0n) is 18.8. The maximum absolute atomic E-state index is 13.1. The van der Waals surface area contributed by atoms with Crippen LogP contribution >= 0.6 is 11.6 Å². The fraction of sp³-hybridized carbons (Fsp3) is 0.333. The molecule has 0 N–H and O–H groups in total. The Bertz CT molecular complexity index is 1220. The molecule has 8 nitrogen and oxygen atoms in total. The summed E-state index contributed by atoms with van der Waals surface area (Å²) in [5.74, 6) is 0.669. The molecular formula is C24H25ClN6O2. The van der Waals surface area contributed by atoms with E-state index >= 15 is 0 Å². The predicted octanol–water partition coefficient (Wildman–Crippen LogP) is 3.52. The highest BCUT2D eigenvalue weighted by molar-refractivity contribution is 6.32. The fourth-order valence-corrected chi connectivity index (χ4v) is 4.28. The van der Waals surface area contributed by atoms with E-state index in [0.29, 0.717) is 35.2 Å². The summed E-state index contributed by atoms with van der Waals surface area (Å²) < 4.78 is 7.05. The molecular weight excluding hydrogens is 440 g/mol. The number of carbonyl (C=O) groups is 1. The Labute approximate surface area is 198 Å². The molecule has 1 saturated heterocycles. The Balaban J connectivity index is 1.43. The number of nitriles is 1. The van der Waals surface area contributed by atoms with Crippen LogP contribution in [0.1, 0.15) is 18.3 Å². The molecule has 0 saturated carbocycles. The molecule has 170 valence electrons. The number of hydrogen-bond acceptors (Lipinski definition) is 6. The van der Waals surface area contributed by atoms with E-state index in [1.807, 2.05) is 48.2 Å². The summed E-state index contributed by atoms with van der Waals surface area (Å²) in [6.07, 6.45) is 1.59. The second-order valence-corrected chi connectivity index (χ2v) is 8.48. The molecule has 1 aromatic carbocycles. The molecule has 3 aromatic rings. The maximum Gasteiger partial charge on any atom is 0.244 e. The van der Waals surface area contributed by atoms with Gasteiger partial charge in [0.25, 0.3) is 0 Å². The first-order valence-electron chi connectivity index (χ1n) is 10.7. The molecule has 1 amide bonds. The van der Waals surface area contributed by atoms with Gasteiger partial charge in [0.15, 0.2) is 0 Å². The highest BCUT2D eigenvalue weighted by Gasteiger charge is 2.28. The Morgan fingerprint density at radius 1 is 1.27 bits per heavy atom. The highest BCUT2D eigenvalue weighted by Crippen LogP contribution is 2.30. The molecule has 0 aliphatic carbocycles. The van der Waals surface area contributed by atoms with E-state index in [-0.39, 0.29) is 18.5 Å². The van der Waals surface area contributed by atoms with E-state index in [1.54, 1.807) is 24.1 Å². The molecule has 1 aliphatic heterocycles. The topological polar surface area (TPSA) is 87.3 Å². The van der Waals surface area contributed by atoms with Crippen molar-refractivity contribution in [2.45, 2.75) is 26.4 Å². The monoisotopic (exact) mass is 464 g/mol. The second kappa shape index (κ2) is 9.51. The molecule has 33 heavy (non-hydrogen) atoms. The first-order chi connectivity index (χ1) is 15.9. The van der Waals surface area contributed by atoms with Gasteiger partial charge in [0.2, 0.25) is 5.91 Å². The largest absolute Gasteiger partial charge is 0.495 e. The van der Waals surface area contributed by atoms with Crippen LogP contribution in [0.15, 0.2) is 42.6 Å². The number of piperazine rings is 1. The molecule has 1 atom stereocenters. The van der Waals surface area contributed by atoms with Crippen molar-refractivity contribution in [3.8, 4) is 23.1 Å². The van der Waals surface area contributed by atoms with Crippen LogP contribution in [0.2, 0.25) is 5.02 Å². The quantitative estimate of drug-likeness (QED) is 0.574.